The zero-order valence-electron chi connectivity index (χ0n) is 13.7. The second-order valence-electron chi connectivity index (χ2n) is 5.05. The standard InChI is InChI=1S/C18H23N3O2/c1-3-21(4-2)13-14-23-18(22)16-11-8-12-19-17(16)20-15-9-6-5-7-10-15/h5-12H,3-4,13-14H2,1-2H3,(H,19,20). The van der Waals surface area contributed by atoms with Crippen LogP contribution in [-0.2, 0) is 4.74 Å². The number of carbonyl (C=O) groups is 1. The molecule has 0 atom stereocenters. The third-order valence-corrected chi connectivity index (χ3v) is 3.60. The second-order valence-corrected chi connectivity index (χ2v) is 5.05. The number of rotatable bonds is 8. The smallest absolute Gasteiger partial charge is 0.341 e. The number of anilines is 2. The molecule has 0 spiro atoms. The van der Waals surface area contributed by atoms with Gasteiger partial charge in [0.05, 0.1) is 0 Å². The van der Waals surface area contributed by atoms with Crippen LogP contribution in [0.15, 0.2) is 48.7 Å². The zero-order chi connectivity index (χ0) is 16.5. The Kier molecular flexibility index (Phi) is 6.56. The first-order chi connectivity index (χ1) is 11.2. The molecule has 2 rings (SSSR count). The van der Waals surface area contributed by atoms with E-state index in [1.165, 1.54) is 0 Å². The summed E-state index contributed by atoms with van der Waals surface area (Å²) in [7, 11) is 0. The Morgan fingerprint density at radius 3 is 2.57 bits per heavy atom. The second kappa shape index (κ2) is 8.90. The number of esters is 1. The van der Waals surface area contributed by atoms with Gasteiger partial charge in [-0.15, -0.1) is 0 Å². The van der Waals surface area contributed by atoms with Gasteiger partial charge in [0.2, 0.25) is 0 Å². The molecule has 1 aromatic heterocycles. The molecule has 122 valence electrons. The van der Waals surface area contributed by atoms with Gasteiger partial charge in [-0.1, -0.05) is 32.0 Å². The average molecular weight is 313 g/mol. The number of pyridine rings is 1. The highest BCUT2D eigenvalue weighted by Gasteiger charge is 2.14. The maximum Gasteiger partial charge on any atom is 0.341 e. The van der Waals surface area contributed by atoms with E-state index >= 15 is 0 Å². The van der Waals surface area contributed by atoms with Crippen molar-refractivity contribution < 1.29 is 9.53 Å². The van der Waals surface area contributed by atoms with Crippen LogP contribution in [0.1, 0.15) is 24.2 Å². The Morgan fingerprint density at radius 2 is 1.87 bits per heavy atom. The molecule has 0 saturated heterocycles. The Labute approximate surface area is 137 Å². The van der Waals surface area contributed by atoms with Crippen molar-refractivity contribution in [2.24, 2.45) is 0 Å². The summed E-state index contributed by atoms with van der Waals surface area (Å²) >= 11 is 0. The summed E-state index contributed by atoms with van der Waals surface area (Å²) in [5, 5.41) is 3.15. The van der Waals surface area contributed by atoms with Crippen LogP contribution in [0.2, 0.25) is 0 Å². The largest absolute Gasteiger partial charge is 0.461 e. The number of benzene rings is 1. The first kappa shape index (κ1) is 17.0. The molecule has 2 aromatic rings. The van der Waals surface area contributed by atoms with Crippen molar-refractivity contribution in [3.05, 3.63) is 54.2 Å². The van der Waals surface area contributed by atoms with Crippen LogP contribution in [-0.4, -0.2) is 42.1 Å². The minimum absolute atomic E-state index is 0.358. The van der Waals surface area contributed by atoms with Crippen LogP contribution in [0.4, 0.5) is 11.5 Å². The van der Waals surface area contributed by atoms with Gasteiger partial charge < -0.3 is 15.0 Å². The minimum Gasteiger partial charge on any atom is -0.461 e. The summed E-state index contributed by atoms with van der Waals surface area (Å²) < 4.78 is 5.38. The number of carbonyl (C=O) groups excluding carboxylic acids is 1. The average Bonchev–Trinajstić information content (AvgIpc) is 2.60. The lowest BCUT2D eigenvalue weighted by Crippen LogP contribution is -2.28. The SMILES string of the molecule is CCN(CC)CCOC(=O)c1cccnc1Nc1ccccc1. The van der Waals surface area contributed by atoms with Gasteiger partial charge in [0, 0.05) is 18.4 Å². The lowest BCUT2D eigenvalue weighted by Gasteiger charge is -2.17. The first-order valence-electron chi connectivity index (χ1n) is 7.91. The molecule has 1 N–H and O–H groups in total. The van der Waals surface area contributed by atoms with Gasteiger partial charge >= 0.3 is 5.97 Å². The fourth-order valence-electron chi connectivity index (χ4n) is 2.21. The van der Waals surface area contributed by atoms with E-state index in [9.17, 15) is 4.79 Å². The monoisotopic (exact) mass is 313 g/mol. The van der Waals surface area contributed by atoms with Crippen molar-refractivity contribution in [2.45, 2.75) is 13.8 Å². The predicted octanol–water partition coefficient (Wildman–Crippen LogP) is 3.32. The maximum absolute atomic E-state index is 12.3. The molecule has 5 nitrogen and oxygen atoms in total. The van der Waals surface area contributed by atoms with Gasteiger partial charge in [-0.3, -0.25) is 0 Å². The van der Waals surface area contributed by atoms with Crippen LogP contribution in [0.3, 0.4) is 0 Å². The topological polar surface area (TPSA) is 54.5 Å². The van der Waals surface area contributed by atoms with Crippen molar-refractivity contribution in [3.8, 4) is 0 Å². The zero-order valence-corrected chi connectivity index (χ0v) is 13.7. The van der Waals surface area contributed by atoms with E-state index in [-0.39, 0.29) is 5.97 Å². The summed E-state index contributed by atoms with van der Waals surface area (Å²) in [6.07, 6.45) is 1.65. The molecular formula is C18H23N3O2. The molecule has 0 amide bonds. The first-order valence-corrected chi connectivity index (χ1v) is 7.91. The minimum atomic E-state index is -0.358. The normalized spacial score (nSPS) is 10.6. The summed E-state index contributed by atoms with van der Waals surface area (Å²) in [5.41, 5.74) is 1.32. The summed E-state index contributed by atoms with van der Waals surface area (Å²) in [5.74, 6) is 0.148. The van der Waals surface area contributed by atoms with Crippen LogP contribution >= 0.6 is 0 Å². The third kappa shape index (κ3) is 5.07. The van der Waals surface area contributed by atoms with Crippen LogP contribution in [0.25, 0.3) is 0 Å². The number of nitrogens with zero attached hydrogens (tertiary/aromatic N) is 2. The van der Waals surface area contributed by atoms with E-state index in [0.717, 1.165) is 25.3 Å². The van der Waals surface area contributed by atoms with Crippen LogP contribution < -0.4 is 5.32 Å². The molecule has 0 aliphatic rings. The third-order valence-electron chi connectivity index (χ3n) is 3.60. The molecule has 0 fully saturated rings. The molecular weight excluding hydrogens is 290 g/mol. The Bertz CT molecular complexity index is 613. The van der Waals surface area contributed by atoms with Crippen molar-refractivity contribution in [1.29, 1.82) is 0 Å². The molecule has 0 aliphatic carbocycles. The molecule has 0 saturated carbocycles. The fraction of sp³-hybridized carbons (Fsp3) is 0.333. The predicted molar refractivity (Wildman–Crippen MR) is 92.0 cm³/mol. The van der Waals surface area contributed by atoms with Gasteiger partial charge in [-0.05, 0) is 37.4 Å². The lowest BCUT2D eigenvalue weighted by atomic mass is 10.2. The van der Waals surface area contributed by atoms with Crippen molar-refractivity contribution >= 4 is 17.5 Å². The number of likely N-dealkylation sites (N-methyl/N-ethyl adjacent to an activating group) is 1. The molecule has 5 heteroatoms. The quantitative estimate of drug-likeness (QED) is 0.758. The number of hydrogen-bond acceptors (Lipinski definition) is 5. The Balaban J connectivity index is 2.00. The number of aromatic nitrogens is 1. The van der Waals surface area contributed by atoms with E-state index in [0.29, 0.717) is 18.0 Å². The maximum atomic E-state index is 12.3. The number of ether oxygens (including phenoxy) is 1. The number of nitrogens with one attached hydrogen (secondary N) is 1. The van der Waals surface area contributed by atoms with Crippen LogP contribution in [0, 0.1) is 0 Å². The molecule has 1 aromatic carbocycles. The molecule has 0 aliphatic heterocycles. The summed E-state index contributed by atoms with van der Waals surface area (Å²) in [4.78, 5) is 18.7. The van der Waals surface area contributed by atoms with E-state index in [1.807, 2.05) is 30.3 Å². The summed E-state index contributed by atoms with van der Waals surface area (Å²) in [6.45, 7) is 7.19. The van der Waals surface area contributed by atoms with Crippen LogP contribution in [0.5, 0.6) is 0 Å². The Hall–Kier alpha value is -2.40. The highest BCUT2D eigenvalue weighted by Crippen LogP contribution is 2.18. The summed E-state index contributed by atoms with van der Waals surface area (Å²) in [6, 6.07) is 13.1. The van der Waals surface area contributed by atoms with Crippen molar-refractivity contribution in [1.82, 2.24) is 9.88 Å². The molecule has 0 radical (unpaired) electrons. The number of hydrogen-bond donors (Lipinski definition) is 1. The molecule has 23 heavy (non-hydrogen) atoms. The van der Waals surface area contributed by atoms with E-state index in [4.69, 9.17) is 4.74 Å². The van der Waals surface area contributed by atoms with Gasteiger partial charge in [0.25, 0.3) is 0 Å². The lowest BCUT2D eigenvalue weighted by molar-refractivity contribution is 0.0467. The van der Waals surface area contributed by atoms with Crippen molar-refractivity contribution in [3.63, 3.8) is 0 Å². The Morgan fingerprint density at radius 1 is 1.13 bits per heavy atom. The molecule has 0 bridgehead atoms. The number of para-hydroxylation sites is 1. The van der Waals surface area contributed by atoms with Gasteiger partial charge in [-0.2, -0.15) is 0 Å². The highest BCUT2D eigenvalue weighted by atomic mass is 16.5. The van der Waals surface area contributed by atoms with E-state index in [2.05, 4.69) is 29.0 Å². The van der Waals surface area contributed by atoms with E-state index < -0.39 is 0 Å². The van der Waals surface area contributed by atoms with Crippen molar-refractivity contribution in [2.75, 3.05) is 31.6 Å². The van der Waals surface area contributed by atoms with Gasteiger partial charge in [0.15, 0.2) is 0 Å². The van der Waals surface area contributed by atoms with Gasteiger partial charge in [0.1, 0.15) is 18.0 Å². The highest BCUT2D eigenvalue weighted by molar-refractivity contribution is 5.95. The van der Waals surface area contributed by atoms with Gasteiger partial charge in [-0.25, -0.2) is 9.78 Å². The molecule has 0 unspecified atom stereocenters. The molecule has 1 heterocycles. The van der Waals surface area contributed by atoms with E-state index in [1.54, 1.807) is 18.3 Å². The fourth-order valence-corrected chi connectivity index (χ4v) is 2.21.